The lowest BCUT2D eigenvalue weighted by atomic mass is 9.88. The second-order valence-corrected chi connectivity index (χ2v) is 7.13. The minimum atomic E-state index is 0.701. The lowest BCUT2D eigenvalue weighted by molar-refractivity contribution is 0.172. The molecule has 2 nitrogen and oxygen atoms in total. The standard InChI is InChI=1S/C23H30O2/c1-17-15-20(25-14-8-13-24-3)16-18(2)23(17)22-12-7-10-19-9-5-4-6-11-21(19)22/h7,10,12,15-16H,4-6,8-9,11,13-14H2,1-3H3. The van der Waals surface area contributed by atoms with Gasteiger partial charge in [0.25, 0.3) is 0 Å². The molecule has 0 saturated carbocycles. The number of hydrogen-bond acceptors (Lipinski definition) is 2. The van der Waals surface area contributed by atoms with Crippen molar-refractivity contribution in [1.82, 2.24) is 0 Å². The number of methoxy groups -OCH3 is 1. The molecule has 0 aromatic heterocycles. The number of ether oxygens (including phenoxy) is 2. The van der Waals surface area contributed by atoms with Crippen LogP contribution in [0.15, 0.2) is 30.3 Å². The summed E-state index contributed by atoms with van der Waals surface area (Å²) in [6, 6.07) is 11.2. The summed E-state index contributed by atoms with van der Waals surface area (Å²) in [5, 5.41) is 0. The third kappa shape index (κ3) is 4.24. The molecule has 3 rings (SSSR count). The van der Waals surface area contributed by atoms with Crippen molar-refractivity contribution in [3.05, 3.63) is 52.6 Å². The van der Waals surface area contributed by atoms with E-state index in [4.69, 9.17) is 9.47 Å². The third-order valence-electron chi connectivity index (χ3n) is 5.18. The summed E-state index contributed by atoms with van der Waals surface area (Å²) in [4.78, 5) is 0. The first-order chi connectivity index (χ1) is 12.2. The largest absolute Gasteiger partial charge is 0.493 e. The summed E-state index contributed by atoms with van der Waals surface area (Å²) in [5.74, 6) is 0.969. The highest BCUT2D eigenvalue weighted by Crippen LogP contribution is 2.36. The van der Waals surface area contributed by atoms with Crippen LogP contribution in [0.2, 0.25) is 0 Å². The average Bonchev–Trinajstić information content (AvgIpc) is 2.84. The second-order valence-electron chi connectivity index (χ2n) is 7.13. The Morgan fingerprint density at radius 1 is 0.920 bits per heavy atom. The van der Waals surface area contributed by atoms with Crippen LogP contribution in [0.25, 0.3) is 11.1 Å². The Bertz CT molecular complexity index is 695. The fraction of sp³-hybridized carbons (Fsp3) is 0.478. The fourth-order valence-electron chi connectivity index (χ4n) is 4.02. The first-order valence-corrected chi connectivity index (χ1v) is 9.55. The zero-order valence-electron chi connectivity index (χ0n) is 15.9. The number of aryl methyl sites for hydroxylation is 3. The molecule has 0 aliphatic heterocycles. The number of benzene rings is 2. The van der Waals surface area contributed by atoms with Gasteiger partial charge >= 0.3 is 0 Å². The first kappa shape index (κ1) is 18.0. The van der Waals surface area contributed by atoms with Gasteiger partial charge in [0.2, 0.25) is 0 Å². The zero-order chi connectivity index (χ0) is 17.6. The molecular formula is C23H30O2. The molecule has 1 aliphatic carbocycles. The van der Waals surface area contributed by atoms with Gasteiger partial charge in [0.1, 0.15) is 5.75 Å². The normalized spacial score (nSPS) is 14.0. The van der Waals surface area contributed by atoms with Crippen LogP contribution in [0, 0.1) is 13.8 Å². The van der Waals surface area contributed by atoms with E-state index in [0.29, 0.717) is 6.61 Å². The topological polar surface area (TPSA) is 18.5 Å². The summed E-state index contributed by atoms with van der Waals surface area (Å²) in [7, 11) is 1.73. The second kappa shape index (κ2) is 8.53. The Morgan fingerprint density at radius 2 is 1.68 bits per heavy atom. The average molecular weight is 338 g/mol. The summed E-state index contributed by atoms with van der Waals surface area (Å²) in [6.45, 7) is 5.86. The highest BCUT2D eigenvalue weighted by atomic mass is 16.5. The van der Waals surface area contributed by atoms with Gasteiger partial charge in [0, 0.05) is 20.1 Å². The minimum Gasteiger partial charge on any atom is -0.493 e. The maximum Gasteiger partial charge on any atom is 0.119 e. The lowest BCUT2D eigenvalue weighted by Gasteiger charge is -2.18. The van der Waals surface area contributed by atoms with Crippen molar-refractivity contribution in [2.75, 3.05) is 20.3 Å². The molecule has 0 unspecified atom stereocenters. The molecule has 0 spiro atoms. The van der Waals surface area contributed by atoms with Crippen molar-refractivity contribution in [3.63, 3.8) is 0 Å². The summed E-state index contributed by atoms with van der Waals surface area (Å²) >= 11 is 0. The quantitative estimate of drug-likeness (QED) is 0.500. The van der Waals surface area contributed by atoms with E-state index in [9.17, 15) is 0 Å². The van der Waals surface area contributed by atoms with Crippen molar-refractivity contribution in [2.45, 2.75) is 52.4 Å². The summed E-state index contributed by atoms with van der Waals surface area (Å²) in [5.41, 5.74) is 8.55. The summed E-state index contributed by atoms with van der Waals surface area (Å²) in [6.07, 6.45) is 7.33. The molecule has 134 valence electrons. The van der Waals surface area contributed by atoms with Gasteiger partial charge in [-0.05, 0) is 85.0 Å². The fourth-order valence-corrected chi connectivity index (χ4v) is 4.02. The molecule has 2 aromatic carbocycles. The van der Waals surface area contributed by atoms with E-state index < -0.39 is 0 Å². The van der Waals surface area contributed by atoms with Crippen LogP contribution in [-0.2, 0) is 17.6 Å². The van der Waals surface area contributed by atoms with Crippen molar-refractivity contribution in [1.29, 1.82) is 0 Å². The van der Waals surface area contributed by atoms with E-state index >= 15 is 0 Å². The molecule has 0 saturated heterocycles. The third-order valence-corrected chi connectivity index (χ3v) is 5.18. The van der Waals surface area contributed by atoms with Crippen LogP contribution in [0.1, 0.15) is 47.9 Å². The Balaban J connectivity index is 1.90. The van der Waals surface area contributed by atoms with Crippen molar-refractivity contribution >= 4 is 0 Å². The highest BCUT2D eigenvalue weighted by molar-refractivity contribution is 5.75. The van der Waals surface area contributed by atoms with E-state index in [0.717, 1.165) is 18.8 Å². The molecule has 0 atom stereocenters. The molecule has 1 aliphatic rings. The zero-order valence-corrected chi connectivity index (χ0v) is 15.9. The lowest BCUT2D eigenvalue weighted by Crippen LogP contribution is -2.03. The van der Waals surface area contributed by atoms with Gasteiger partial charge < -0.3 is 9.47 Å². The number of fused-ring (bicyclic) bond motifs is 1. The Kier molecular flexibility index (Phi) is 6.14. The Labute approximate surface area is 152 Å². The van der Waals surface area contributed by atoms with Crippen LogP contribution in [0.3, 0.4) is 0 Å². The highest BCUT2D eigenvalue weighted by Gasteiger charge is 2.16. The molecule has 0 bridgehead atoms. The monoisotopic (exact) mass is 338 g/mol. The minimum absolute atomic E-state index is 0.701. The van der Waals surface area contributed by atoms with Gasteiger partial charge in [-0.2, -0.15) is 0 Å². The molecular weight excluding hydrogens is 308 g/mol. The molecule has 2 heteroatoms. The van der Waals surface area contributed by atoms with Gasteiger partial charge in [-0.15, -0.1) is 0 Å². The van der Waals surface area contributed by atoms with E-state index in [2.05, 4.69) is 44.2 Å². The molecule has 0 N–H and O–H groups in total. The van der Waals surface area contributed by atoms with Crippen molar-refractivity contribution < 1.29 is 9.47 Å². The van der Waals surface area contributed by atoms with Crippen LogP contribution in [0.5, 0.6) is 5.75 Å². The van der Waals surface area contributed by atoms with E-state index in [-0.39, 0.29) is 0 Å². The van der Waals surface area contributed by atoms with Gasteiger partial charge in [0.15, 0.2) is 0 Å². The van der Waals surface area contributed by atoms with Crippen LogP contribution in [-0.4, -0.2) is 20.3 Å². The van der Waals surface area contributed by atoms with Crippen molar-refractivity contribution in [3.8, 4) is 16.9 Å². The predicted octanol–water partition coefficient (Wildman–Crippen LogP) is 5.65. The number of hydrogen-bond donors (Lipinski definition) is 0. The maximum atomic E-state index is 5.91. The van der Waals surface area contributed by atoms with Gasteiger partial charge in [-0.1, -0.05) is 24.6 Å². The molecule has 0 radical (unpaired) electrons. The van der Waals surface area contributed by atoms with E-state index in [1.807, 2.05) is 0 Å². The number of rotatable bonds is 6. The van der Waals surface area contributed by atoms with Crippen LogP contribution >= 0.6 is 0 Å². The SMILES string of the molecule is COCCCOc1cc(C)c(-c2cccc3c2CCCCC3)c(C)c1. The van der Waals surface area contributed by atoms with E-state index in [1.165, 1.54) is 54.4 Å². The van der Waals surface area contributed by atoms with E-state index in [1.54, 1.807) is 18.2 Å². The van der Waals surface area contributed by atoms with Gasteiger partial charge in [-0.25, -0.2) is 0 Å². The Hall–Kier alpha value is -1.80. The van der Waals surface area contributed by atoms with Gasteiger partial charge in [-0.3, -0.25) is 0 Å². The van der Waals surface area contributed by atoms with Crippen LogP contribution < -0.4 is 4.74 Å². The maximum absolute atomic E-state index is 5.91. The first-order valence-electron chi connectivity index (χ1n) is 9.55. The Morgan fingerprint density at radius 3 is 2.44 bits per heavy atom. The molecule has 0 heterocycles. The summed E-state index contributed by atoms with van der Waals surface area (Å²) < 4.78 is 11.0. The predicted molar refractivity (Wildman–Crippen MR) is 105 cm³/mol. The molecule has 25 heavy (non-hydrogen) atoms. The van der Waals surface area contributed by atoms with Crippen LogP contribution in [0.4, 0.5) is 0 Å². The molecule has 0 amide bonds. The van der Waals surface area contributed by atoms with Gasteiger partial charge in [0.05, 0.1) is 6.61 Å². The van der Waals surface area contributed by atoms with Crippen molar-refractivity contribution in [2.24, 2.45) is 0 Å². The smallest absolute Gasteiger partial charge is 0.119 e. The molecule has 2 aromatic rings. The molecule has 0 fully saturated rings.